The smallest absolute Gasteiger partial charge is 0.262 e. The molecule has 0 aliphatic heterocycles. The Labute approximate surface area is 174 Å². The maximum absolute atomic E-state index is 12.8. The fourth-order valence-corrected chi connectivity index (χ4v) is 2.77. The number of rotatable bonds is 2. The fourth-order valence-electron chi connectivity index (χ4n) is 2.77. The van der Waals surface area contributed by atoms with E-state index in [-0.39, 0.29) is 51.4 Å². The van der Waals surface area contributed by atoms with Crippen LogP contribution in [-0.2, 0) is 46.3 Å². The molecule has 2 aromatic heterocycles. The molecular weight excluding hydrogens is 391 g/mol. The van der Waals surface area contributed by atoms with Crippen molar-refractivity contribution in [2.75, 3.05) is 0 Å². The molecule has 5 nitrogen and oxygen atoms in total. The molecule has 0 aliphatic rings. The van der Waals surface area contributed by atoms with Gasteiger partial charge in [0.05, 0.1) is 17.3 Å². The van der Waals surface area contributed by atoms with Crippen LogP contribution in [0.4, 0.5) is 0 Å². The van der Waals surface area contributed by atoms with Gasteiger partial charge in [0.2, 0.25) is 0 Å². The molecular formula is C19H26N3O2Y-. The van der Waals surface area contributed by atoms with Crippen molar-refractivity contribution in [3.8, 4) is 16.9 Å². The van der Waals surface area contributed by atoms with Crippen LogP contribution in [0.15, 0.2) is 35.3 Å². The number of pyridine rings is 1. The second-order valence-electron chi connectivity index (χ2n) is 5.09. The number of fused-ring (bicyclic) bond motifs is 1. The molecule has 0 amide bonds. The summed E-state index contributed by atoms with van der Waals surface area (Å²) in [5, 5.41) is 14.8. The zero-order valence-corrected chi connectivity index (χ0v) is 18.7. The maximum atomic E-state index is 12.8. The summed E-state index contributed by atoms with van der Waals surface area (Å²) < 4.78 is 3.24. The molecule has 25 heavy (non-hydrogen) atoms. The van der Waals surface area contributed by atoms with Crippen LogP contribution in [-0.4, -0.2) is 19.5 Å². The van der Waals surface area contributed by atoms with Crippen LogP contribution in [0.25, 0.3) is 22.2 Å². The molecule has 1 aromatic carbocycles. The molecule has 0 spiro atoms. The third kappa shape index (κ3) is 4.04. The van der Waals surface area contributed by atoms with Gasteiger partial charge in [-0.25, -0.2) is 0 Å². The van der Waals surface area contributed by atoms with Crippen LogP contribution in [0, 0.1) is 14.4 Å². The first-order valence-electron chi connectivity index (χ1n) is 7.89. The molecule has 0 bridgehead atoms. The van der Waals surface area contributed by atoms with E-state index < -0.39 is 0 Å². The van der Waals surface area contributed by atoms with Crippen molar-refractivity contribution in [3.05, 3.63) is 53.8 Å². The van der Waals surface area contributed by atoms with E-state index in [1.807, 2.05) is 52.0 Å². The largest absolute Gasteiger partial charge is 0.505 e. The Hall–Kier alpha value is -1.46. The topological polar surface area (TPSA) is 60.1 Å². The summed E-state index contributed by atoms with van der Waals surface area (Å²) >= 11 is 0. The van der Waals surface area contributed by atoms with E-state index in [4.69, 9.17) is 0 Å². The van der Waals surface area contributed by atoms with Crippen LogP contribution in [0.2, 0.25) is 0 Å². The van der Waals surface area contributed by atoms with Crippen LogP contribution < -0.4 is 5.56 Å². The van der Waals surface area contributed by atoms with E-state index in [0.29, 0.717) is 23.1 Å². The van der Waals surface area contributed by atoms with E-state index in [1.165, 1.54) is 0 Å². The van der Waals surface area contributed by atoms with Crippen molar-refractivity contribution in [1.82, 2.24) is 14.3 Å². The molecule has 0 saturated carbocycles. The van der Waals surface area contributed by atoms with Gasteiger partial charge in [0.15, 0.2) is 5.75 Å². The van der Waals surface area contributed by atoms with Gasteiger partial charge in [-0.05, 0) is 25.0 Å². The predicted octanol–water partition coefficient (Wildman–Crippen LogP) is 3.91. The van der Waals surface area contributed by atoms with Gasteiger partial charge in [-0.15, -0.1) is 0 Å². The SMILES string of the molecule is CC.CCn1c(=O)c(-c2ccccc2C)c(O)c2c1cnn2C.[CH3-].[Y]. The number of nitrogens with zero attached hydrogens (tertiary/aromatic N) is 3. The normalized spacial score (nSPS) is 9.64. The van der Waals surface area contributed by atoms with E-state index in [9.17, 15) is 9.90 Å². The molecule has 1 N–H and O–H groups in total. The molecule has 1 radical (unpaired) electrons. The van der Waals surface area contributed by atoms with Gasteiger partial charge >= 0.3 is 0 Å². The zero-order chi connectivity index (χ0) is 17.1. The number of aromatic hydroxyl groups is 1. The van der Waals surface area contributed by atoms with Crippen molar-refractivity contribution in [2.45, 2.75) is 34.2 Å². The molecule has 0 aliphatic carbocycles. The Bertz CT molecular complexity index is 898. The van der Waals surface area contributed by atoms with E-state index >= 15 is 0 Å². The third-order valence-corrected chi connectivity index (χ3v) is 3.86. The Morgan fingerprint density at radius 3 is 2.36 bits per heavy atom. The minimum Gasteiger partial charge on any atom is -0.505 e. The van der Waals surface area contributed by atoms with E-state index in [0.717, 1.165) is 11.1 Å². The summed E-state index contributed by atoms with van der Waals surface area (Å²) in [7, 11) is 1.76. The monoisotopic (exact) mass is 417 g/mol. The third-order valence-electron chi connectivity index (χ3n) is 3.86. The summed E-state index contributed by atoms with van der Waals surface area (Å²) in [6.07, 6.45) is 1.61. The van der Waals surface area contributed by atoms with E-state index in [2.05, 4.69) is 5.10 Å². The molecule has 0 unspecified atom stereocenters. The molecule has 0 atom stereocenters. The molecule has 0 saturated heterocycles. The molecule has 3 aromatic rings. The summed E-state index contributed by atoms with van der Waals surface area (Å²) in [4.78, 5) is 12.8. The second-order valence-corrected chi connectivity index (χ2v) is 5.09. The summed E-state index contributed by atoms with van der Waals surface area (Å²) in [5.41, 5.74) is 3.09. The maximum Gasteiger partial charge on any atom is 0.262 e. The van der Waals surface area contributed by atoms with Crippen LogP contribution in [0.3, 0.4) is 0 Å². The van der Waals surface area contributed by atoms with E-state index in [1.54, 1.807) is 22.5 Å². The Kier molecular flexibility index (Phi) is 9.30. The molecule has 2 heterocycles. The second kappa shape index (κ2) is 9.88. The first-order valence-corrected chi connectivity index (χ1v) is 7.89. The van der Waals surface area contributed by atoms with Crippen LogP contribution in [0.5, 0.6) is 5.75 Å². The number of hydrogen-bond donors (Lipinski definition) is 1. The van der Waals surface area contributed by atoms with Crippen molar-refractivity contribution in [3.63, 3.8) is 0 Å². The van der Waals surface area contributed by atoms with Crippen molar-refractivity contribution < 1.29 is 37.8 Å². The minimum atomic E-state index is -0.190. The molecule has 133 valence electrons. The fraction of sp³-hybridized carbons (Fsp3) is 0.316. The quantitative estimate of drug-likeness (QED) is 0.644. The number of benzene rings is 1. The summed E-state index contributed by atoms with van der Waals surface area (Å²) in [6.45, 7) is 8.37. The van der Waals surface area contributed by atoms with Gasteiger partial charge < -0.3 is 17.1 Å². The Morgan fingerprint density at radius 1 is 1.20 bits per heavy atom. The van der Waals surface area contributed by atoms with Gasteiger partial charge in [0.25, 0.3) is 5.56 Å². The average molecular weight is 417 g/mol. The number of aromatic nitrogens is 3. The first kappa shape index (κ1) is 23.5. The molecule has 0 fully saturated rings. The van der Waals surface area contributed by atoms with Gasteiger partial charge in [0, 0.05) is 46.3 Å². The number of hydrogen-bond acceptors (Lipinski definition) is 3. The van der Waals surface area contributed by atoms with Gasteiger partial charge in [-0.3, -0.25) is 9.48 Å². The summed E-state index contributed by atoms with van der Waals surface area (Å²) in [6, 6.07) is 7.56. The Balaban J connectivity index is 0.00000139. The first-order chi connectivity index (χ1) is 11.1. The summed E-state index contributed by atoms with van der Waals surface area (Å²) in [5.74, 6) is -0.00556. The van der Waals surface area contributed by atoms with Crippen LogP contribution in [0.1, 0.15) is 26.3 Å². The standard InChI is InChI=1S/C16H17N3O2.C2H6.CH3.Y/c1-4-19-12-9-17-18(3)14(12)15(20)13(16(19)21)11-8-6-5-7-10(11)2;1-2;;/h5-9,20H,4H2,1-3H3;1-2H3;1H3;/q;;-1;. The average Bonchev–Trinajstić information content (AvgIpc) is 2.93. The minimum absolute atomic E-state index is 0. The molecule has 3 rings (SSSR count). The van der Waals surface area contributed by atoms with Gasteiger partial charge in [-0.2, -0.15) is 5.10 Å². The zero-order valence-electron chi connectivity index (χ0n) is 15.9. The van der Waals surface area contributed by atoms with Crippen LogP contribution >= 0.6 is 0 Å². The van der Waals surface area contributed by atoms with Crippen molar-refractivity contribution >= 4 is 11.0 Å². The van der Waals surface area contributed by atoms with Crippen molar-refractivity contribution in [1.29, 1.82) is 0 Å². The Morgan fingerprint density at radius 2 is 1.80 bits per heavy atom. The van der Waals surface area contributed by atoms with Gasteiger partial charge in [0.1, 0.15) is 5.52 Å². The molecule has 6 heteroatoms. The van der Waals surface area contributed by atoms with Gasteiger partial charge in [-0.1, -0.05) is 38.1 Å². The predicted molar refractivity (Wildman–Crippen MR) is 100 cm³/mol. The number of aryl methyl sites for hydroxylation is 3. The van der Waals surface area contributed by atoms with Crippen molar-refractivity contribution in [2.24, 2.45) is 7.05 Å².